The van der Waals surface area contributed by atoms with E-state index in [9.17, 15) is 5.11 Å². The minimum atomic E-state index is -0.494. The van der Waals surface area contributed by atoms with Crippen LogP contribution in [0.3, 0.4) is 0 Å². The fraction of sp³-hybridized carbons (Fsp3) is 0.400. The van der Waals surface area contributed by atoms with E-state index < -0.39 is 6.10 Å². The van der Waals surface area contributed by atoms with E-state index in [0.717, 1.165) is 11.1 Å². The molecule has 0 spiro atoms. The van der Waals surface area contributed by atoms with E-state index in [2.05, 4.69) is 0 Å². The highest BCUT2D eigenvalue weighted by atomic mass is 16.5. The van der Waals surface area contributed by atoms with Crippen molar-refractivity contribution >= 4 is 0 Å². The molecule has 4 heteroatoms. The number of benzene rings is 2. The van der Waals surface area contributed by atoms with Crippen molar-refractivity contribution < 1.29 is 19.3 Å². The molecule has 2 aromatic carbocycles. The number of aliphatic hydroxyl groups is 1. The monoisotopic (exact) mass is 328 g/mol. The molecular formula is C20H24O4. The average molecular weight is 328 g/mol. The molecule has 1 N–H and O–H groups in total. The molecule has 0 aromatic heterocycles. The number of hydrogen-bond acceptors (Lipinski definition) is 4. The molecule has 3 atom stereocenters. The maximum absolute atomic E-state index is 10.1. The Labute approximate surface area is 143 Å². The molecule has 2 aromatic rings. The zero-order chi connectivity index (χ0) is 16.6. The predicted molar refractivity (Wildman–Crippen MR) is 91.4 cm³/mol. The van der Waals surface area contributed by atoms with Gasteiger partial charge in [-0.1, -0.05) is 60.7 Å². The molecule has 24 heavy (non-hydrogen) atoms. The van der Waals surface area contributed by atoms with Gasteiger partial charge in [0.05, 0.1) is 45.2 Å². The lowest BCUT2D eigenvalue weighted by Gasteiger charge is -2.20. The van der Waals surface area contributed by atoms with E-state index >= 15 is 0 Å². The molecule has 1 aliphatic heterocycles. The summed E-state index contributed by atoms with van der Waals surface area (Å²) in [6.45, 7) is 2.37. The molecule has 0 radical (unpaired) electrons. The van der Waals surface area contributed by atoms with Gasteiger partial charge in [-0.05, 0) is 11.1 Å². The highest BCUT2D eigenvalue weighted by Gasteiger charge is 2.36. The minimum Gasteiger partial charge on any atom is -0.390 e. The van der Waals surface area contributed by atoms with Crippen LogP contribution in [0.1, 0.15) is 11.1 Å². The first-order valence-electron chi connectivity index (χ1n) is 8.36. The van der Waals surface area contributed by atoms with Gasteiger partial charge in [-0.25, -0.2) is 0 Å². The molecule has 4 nitrogen and oxygen atoms in total. The zero-order valence-electron chi connectivity index (χ0n) is 13.7. The van der Waals surface area contributed by atoms with Gasteiger partial charge >= 0.3 is 0 Å². The molecule has 0 saturated carbocycles. The summed E-state index contributed by atoms with van der Waals surface area (Å²) in [4.78, 5) is 0. The SMILES string of the molecule is O[C@H]1CO[C@H](COCc2ccccc2)[C@H]1COCc1ccccc1. The third-order valence-corrected chi connectivity index (χ3v) is 4.27. The molecule has 0 unspecified atom stereocenters. The normalized spacial score (nSPS) is 23.5. The second-order valence-corrected chi connectivity index (χ2v) is 6.10. The Balaban J connectivity index is 1.42. The van der Waals surface area contributed by atoms with Crippen LogP contribution in [0.15, 0.2) is 60.7 Å². The van der Waals surface area contributed by atoms with Crippen LogP contribution >= 0.6 is 0 Å². The maximum atomic E-state index is 10.1. The van der Waals surface area contributed by atoms with Crippen molar-refractivity contribution in [3.8, 4) is 0 Å². The lowest BCUT2D eigenvalue weighted by atomic mass is 10.0. The van der Waals surface area contributed by atoms with Crippen molar-refractivity contribution in [2.24, 2.45) is 5.92 Å². The van der Waals surface area contributed by atoms with Gasteiger partial charge in [0.25, 0.3) is 0 Å². The molecule has 1 heterocycles. The molecule has 128 valence electrons. The molecule has 0 amide bonds. The van der Waals surface area contributed by atoms with Crippen molar-refractivity contribution in [2.45, 2.75) is 25.4 Å². The van der Waals surface area contributed by atoms with Crippen LogP contribution < -0.4 is 0 Å². The molecule has 0 bridgehead atoms. The Morgan fingerprint density at radius 3 is 1.96 bits per heavy atom. The van der Waals surface area contributed by atoms with E-state index in [1.54, 1.807) is 0 Å². The van der Waals surface area contributed by atoms with Crippen molar-refractivity contribution in [2.75, 3.05) is 19.8 Å². The summed E-state index contributed by atoms with van der Waals surface area (Å²) in [5.41, 5.74) is 2.26. The van der Waals surface area contributed by atoms with Crippen LogP contribution in [-0.2, 0) is 27.4 Å². The standard InChI is InChI=1S/C20H24O4/c21-19-14-24-20(15-23-12-17-9-5-2-6-10-17)18(19)13-22-11-16-7-3-1-4-8-16/h1-10,18-21H,11-15H2/t18-,19-,20+/m0/s1. The van der Waals surface area contributed by atoms with Gasteiger partial charge in [0, 0.05) is 5.92 Å². The summed E-state index contributed by atoms with van der Waals surface area (Å²) < 4.78 is 17.2. The Hall–Kier alpha value is -1.72. The Bertz CT molecular complexity index is 587. The minimum absolute atomic E-state index is 0.0514. The summed E-state index contributed by atoms with van der Waals surface area (Å²) in [6.07, 6.45) is -0.620. The molecular weight excluding hydrogens is 304 g/mol. The van der Waals surface area contributed by atoms with E-state index in [1.165, 1.54) is 0 Å². The van der Waals surface area contributed by atoms with Crippen LogP contribution in [0.25, 0.3) is 0 Å². The first-order valence-corrected chi connectivity index (χ1v) is 8.36. The van der Waals surface area contributed by atoms with Gasteiger partial charge in [-0.15, -0.1) is 0 Å². The highest BCUT2D eigenvalue weighted by Crippen LogP contribution is 2.23. The third-order valence-electron chi connectivity index (χ3n) is 4.27. The van der Waals surface area contributed by atoms with Crippen LogP contribution in [0.2, 0.25) is 0 Å². The lowest BCUT2D eigenvalue weighted by molar-refractivity contribution is -0.0264. The van der Waals surface area contributed by atoms with Crippen molar-refractivity contribution in [3.63, 3.8) is 0 Å². The van der Waals surface area contributed by atoms with Crippen LogP contribution in [0.4, 0.5) is 0 Å². The van der Waals surface area contributed by atoms with E-state index in [1.807, 2.05) is 60.7 Å². The molecule has 1 saturated heterocycles. The van der Waals surface area contributed by atoms with Crippen LogP contribution in [0, 0.1) is 5.92 Å². The summed E-state index contributed by atoms with van der Waals surface area (Å²) in [7, 11) is 0. The Morgan fingerprint density at radius 2 is 1.38 bits per heavy atom. The van der Waals surface area contributed by atoms with Gasteiger partial charge in [-0.2, -0.15) is 0 Å². The van der Waals surface area contributed by atoms with Crippen LogP contribution in [0.5, 0.6) is 0 Å². The van der Waals surface area contributed by atoms with Crippen LogP contribution in [-0.4, -0.2) is 37.1 Å². The zero-order valence-corrected chi connectivity index (χ0v) is 13.7. The molecule has 1 aliphatic rings. The van der Waals surface area contributed by atoms with Gasteiger partial charge in [-0.3, -0.25) is 0 Å². The summed E-state index contributed by atoms with van der Waals surface area (Å²) >= 11 is 0. The Morgan fingerprint density at radius 1 is 0.833 bits per heavy atom. The van der Waals surface area contributed by atoms with Crippen molar-refractivity contribution in [3.05, 3.63) is 71.8 Å². The quantitative estimate of drug-likeness (QED) is 0.809. The van der Waals surface area contributed by atoms with Gasteiger partial charge in [0.1, 0.15) is 0 Å². The second-order valence-electron chi connectivity index (χ2n) is 6.10. The number of aliphatic hydroxyl groups excluding tert-OH is 1. The number of ether oxygens (including phenoxy) is 3. The predicted octanol–water partition coefficient (Wildman–Crippen LogP) is 2.80. The average Bonchev–Trinajstić information content (AvgIpc) is 2.97. The fourth-order valence-electron chi connectivity index (χ4n) is 2.86. The van der Waals surface area contributed by atoms with E-state index in [-0.39, 0.29) is 12.0 Å². The summed E-state index contributed by atoms with van der Waals surface area (Å²) in [6, 6.07) is 20.1. The van der Waals surface area contributed by atoms with Crippen molar-refractivity contribution in [1.82, 2.24) is 0 Å². The topological polar surface area (TPSA) is 47.9 Å². The number of hydrogen-bond donors (Lipinski definition) is 1. The number of rotatable bonds is 8. The molecule has 1 fully saturated rings. The summed E-state index contributed by atoms with van der Waals surface area (Å²) in [5, 5.41) is 10.1. The van der Waals surface area contributed by atoms with Gasteiger partial charge < -0.3 is 19.3 Å². The van der Waals surface area contributed by atoms with Gasteiger partial charge in [0.15, 0.2) is 0 Å². The first kappa shape index (κ1) is 17.1. The first-order chi connectivity index (χ1) is 11.8. The highest BCUT2D eigenvalue weighted by molar-refractivity contribution is 5.14. The van der Waals surface area contributed by atoms with Gasteiger partial charge in [0.2, 0.25) is 0 Å². The maximum Gasteiger partial charge on any atom is 0.0885 e. The van der Waals surface area contributed by atoms with E-state index in [4.69, 9.17) is 14.2 Å². The molecule has 3 rings (SSSR count). The fourth-order valence-corrected chi connectivity index (χ4v) is 2.86. The van der Waals surface area contributed by atoms with Crippen molar-refractivity contribution in [1.29, 1.82) is 0 Å². The molecule has 0 aliphatic carbocycles. The second kappa shape index (κ2) is 8.94. The Kier molecular flexibility index (Phi) is 6.38. The third kappa shape index (κ3) is 4.89. The summed E-state index contributed by atoms with van der Waals surface area (Å²) in [5.74, 6) is -0.0514. The van der Waals surface area contributed by atoms with E-state index in [0.29, 0.717) is 33.0 Å². The smallest absolute Gasteiger partial charge is 0.0885 e. The lowest BCUT2D eigenvalue weighted by Crippen LogP contribution is -2.31. The largest absolute Gasteiger partial charge is 0.390 e.